The molecule has 0 aromatic heterocycles. The number of rotatable bonds is 2. The summed E-state index contributed by atoms with van der Waals surface area (Å²) >= 11 is 5.80. The maximum Gasteiger partial charge on any atom is 0.229 e. The van der Waals surface area contributed by atoms with Gasteiger partial charge in [0, 0.05) is 20.6 Å². The van der Waals surface area contributed by atoms with Gasteiger partial charge in [0.2, 0.25) is 11.6 Å². The highest BCUT2D eigenvalue weighted by atomic mass is 35.5. The van der Waals surface area contributed by atoms with Crippen LogP contribution in [0.1, 0.15) is 19.3 Å². The molecular weight excluding hydrogens is 180 g/mol. The van der Waals surface area contributed by atoms with E-state index >= 15 is 0 Å². The van der Waals surface area contributed by atoms with E-state index in [9.17, 15) is 4.79 Å². The molecule has 0 aromatic rings. The minimum atomic E-state index is -1.08. The molecule has 1 aliphatic carbocycles. The molecular formula is C8H13ClO3. The molecule has 3 nitrogen and oxygen atoms in total. The van der Waals surface area contributed by atoms with E-state index in [0.717, 1.165) is 12.8 Å². The maximum atomic E-state index is 11.5. The lowest BCUT2D eigenvalue weighted by atomic mass is 9.92. The molecule has 0 radical (unpaired) electrons. The van der Waals surface area contributed by atoms with Crippen LogP contribution >= 0.6 is 11.6 Å². The van der Waals surface area contributed by atoms with Gasteiger partial charge in [0.15, 0.2) is 0 Å². The number of carbonyl (C=O) groups excluding carboxylic acids is 1. The zero-order chi connectivity index (χ0) is 9.19. The van der Waals surface area contributed by atoms with Gasteiger partial charge in [-0.15, -0.1) is 11.6 Å². The van der Waals surface area contributed by atoms with Gasteiger partial charge in [-0.3, -0.25) is 4.79 Å². The van der Waals surface area contributed by atoms with Crippen LogP contribution in [0, 0.1) is 0 Å². The molecule has 12 heavy (non-hydrogen) atoms. The smallest absolute Gasteiger partial charge is 0.229 e. The fourth-order valence-electron chi connectivity index (χ4n) is 1.50. The number of ketones is 1. The number of methoxy groups -OCH3 is 2. The predicted octanol–water partition coefficient (Wildman–Crippen LogP) is 1.34. The van der Waals surface area contributed by atoms with Crippen LogP contribution in [0.2, 0.25) is 0 Å². The van der Waals surface area contributed by atoms with E-state index in [1.807, 2.05) is 0 Å². The molecule has 4 heteroatoms. The van der Waals surface area contributed by atoms with Gasteiger partial charge in [-0.1, -0.05) is 0 Å². The van der Waals surface area contributed by atoms with Crippen LogP contribution in [0.4, 0.5) is 0 Å². The summed E-state index contributed by atoms with van der Waals surface area (Å²) in [6.07, 6.45) is 2.18. The second kappa shape index (κ2) is 3.73. The van der Waals surface area contributed by atoms with Crippen molar-refractivity contribution in [3.8, 4) is 0 Å². The maximum absolute atomic E-state index is 11.5. The Morgan fingerprint density at radius 3 is 2.50 bits per heavy atom. The molecule has 0 aliphatic heterocycles. The minimum Gasteiger partial charge on any atom is -0.347 e. The van der Waals surface area contributed by atoms with Gasteiger partial charge in [0.1, 0.15) is 0 Å². The van der Waals surface area contributed by atoms with Crippen LogP contribution in [0.25, 0.3) is 0 Å². The predicted molar refractivity (Wildman–Crippen MR) is 45.2 cm³/mol. The van der Waals surface area contributed by atoms with Crippen molar-refractivity contribution in [1.29, 1.82) is 0 Å². The fraction of sp³-hybridized carbons (Fsp3) is 0.875. The first-order valence-electron chi connectivity index (χ1n) is 3.95. The van der Waals surface area contributed by atoms with Crippen LogP contribution in [0.3, 0.4) is 0 Å². The molecule has 1 aliphatic rings. The zero-order valence-electron chi connectivity index (χ0n) is 7.30. The third-order valence-corrected chi connectivity index (χ3v) is 2.70. The van der Waals surface area contributed by atoms with Crippen LogP contribution in [0.5, 0.6) is 0 Å². The van der Waals surface area contributed by atoms with Crippen molar-refractivity contribution in [2.75, 3.05) is 14.2 Å². The first-order chi connectivity index (χ1) is 5.66. The van der Waals surface area contributed by atoms with Gasteiger partial charge in [0.25, 0.3) is 0 Å². The molecule has 1 fully saturated rings. The molecule has 0 N–H and O–H groups in total. The summed E-state index contributed by atoms with van der Waals surface area (Å²) < 4.78 is 10.1. The number of hydrogen-bond acceptors (Lipinski definition) is 3. The number of carbonyl (C=O) groups is 1. The Kier molecular flexibility index (Phi) is 3.09. The Hall–Kier alpha value is -0.120. The van der Waals surface area contributed by atoms with Crippen molar-refractivity contribution in [1.82, 2.24) is 0 Å². The normalized spacial score (nSPS) is 28.9. The standard InChI is InChI=1S/C8H13ClO3/c1-11-8(12-2)5-3-4-6(9)7(8)10/h6H,3-5H2,1-2H3. The number of ether oxygens (including phenoxy) is 2. The summed E-state index contributed by atoms with van der Waals surface area (Å²) in [4.78, 5) is 11.5. The minimum absolute atomic E-state index is 0.152. The summed E-state index contributed by atoms with van der Waals surface area (Å²) in [6, 6.07) is 0. The van der Waals surface area contributed by atoms with E-state index in [1.165, 1.54) is 14.2 Å². The Bertz CT molecular complexity index is 177. The summed E-state index contributed by atoms with van der Waals surface area (Å²) in [5, 5.41) is -0.460. The van der Waals surface area contributed by atoms with Crippen LogP contribution in [0.15, 0.2) is 0 Å². The number of Topliss-reactive ketones (excluding diaryl/α,β-unsaturated/α-hetero) is 1. The van der Waals surface area contributed by atoms with Crippen molar-refractivity contribution < 1.29 is 14.3 Å². The van der Waals surface area contributed by atoms with E-state index in [4.69, 9.17) is 21.1 Å². The third kappa shape index (κ3) is 1.49. The molecule has 0 amide bonds. The average Bonchev–Trinajstić information content (AvgIpc) is 2.11. The van der Waals surface area contributed by atoms with E-state index in [-0.39, 0.29) is 5.78 Å². The van der Waals surface area contributed by atoms with Crippen molar-refractivity contribution >= 4 is 17.4 Å². The zero-order valence-corrected chi connectivity index (χ0v) is 8.06. The van der Waals surface area contributed by atoms with Crippen LogP contribution in [-0.4, -0.2) is 31.2 Å². The Morgan fingerprint density at radius 2 is 2.08 bits per heavy atom. The van der Waals surface area contributed by atoms with Gasteiger partial charge < -0.3 is 9.47 Å². The summed E-state index contributed by atoms with van der Waals surface area (Å²) in [5.74, 6) is -1.23. The lowest BCUT2D eigenvalue weighted by Crippen LogP contribution is -2.49. The molecule has 1 unspecified atom stereocenters. The largest absolute Gasteiger partial charge is 0.347 e. The molecule has 70 valence electrons. The Balaban J connectivity index is 2.79. The molecule has 0 bridgehead atoms. The van der Waals surface area contributed by atoms with Gasteiger partial charge in [-0.05, 0) is 12.8 Å². The SMILES string of the molecule is COC1(OC)CCCC(Cl)C1=O. The van der Waals surface area contributed by atoms with E-state index < -0.39 is 11.2 Å². The van der Waals surface area contributed by atoms with Crippen molar-refractivity contribution in [2.45, 2.75) is 30.4 Å². The fourth-order valence-corrected chi connectivity index (χ4v) is 1.82. The summed E-state index contributed by atoms with van der Waals surface area (Å²) in [6.45, 7) is 0. The number of hydrogen-bond donors (Lipinski definition) is 0. The summed E-state index contributed by atoms with van der Waals surface area (Å²) in [7, 11) is 2.94. The first-order valence-corrected chi connectivity index (χ1v) is 4.38. The molecule has 0 heterocycles. The topological polar surface area (TPSA) is 35.5 Å². The molecule has 1 rings (SSSR count). The number of halogens is 1. The van der Waals surface area contributed by atoms with E-state index in [0.29, 0.717) is 6.42 Å². The van der Waals surface area contributed by atoms with Crippen LogP contribution in [-0.2, 0) is 14.3 Å². The van der Waals surface area contributed by atoms with Gasteiger partial charge in [-0.2, -0.15) is 0 Å². The van der Waals surface area contributed by atoms with Gasteiger partial charge in [-0.25, -0.2) is 0 Å². The highest BCUT2D eigenvalue weighted by molar-refractivity contribution is 6.32. The highest BCUT2D eigenvalue weighted by Crippen LogP contribution is 2.31. The summed E-state index contributed by atoms with van der Waals surface area (Å²) in [5.41, 5.74) is 0. The third-order valence-electron chi connectivity index (χ3n) is 2.28. The molecule has 1 atom stereocenters. The molecule has 0 saturated heterocycles. The highest BCUT2D eigenvalue weighted by Gasteiger charge is 2.44. The van der Waals surface area contributed by atoms with Gasteiger partial charge >= 0.3 is 0 Å². The van der Waals surface area contributed by atoms with E-state index in [1.54, 1.807) is 0 Å². The molecule has 1 saturated carbocycles. The average molecular weight is 193 g/mol. The van der Waals surface area contributed by atoms with Crippen molar-refractivity contribution in [2.24, 2.45) is 0 Å². The lowest BCUT2D eigenvalue weighted by Gasteiger charge is -2.34. The number of alkyl halides is 1. The second-order valence-corrected chi connectivity index (χ2v) is 3.41. The Labute approximate surface area is 77.0 Å². The molecule has 0 spiro atoms. The van der Waals surface area contributed by atoms with Gasteiger partial charge in [0.05, 0.1) is 5.38 Å². The van der Waals surface area contributed by atoms with Crippen molar-refractivity contribution in [3.63, 3.8) is 0 Å². The lowest BCUT2D eigenvalue weighted by molar-refractivity contribution is -0.214. The van der Waals surface area contributed by atoms with E-state index in [2.05, 4.69) is 0 Å². The second-order valence-electron chi connectivity index (χ2n) is 2.89. The first kappa shape index (κ1) is 9.96. The molecule has 0 aromatic carbocycles. The van der Waals surface area contributed by atoms with Crippen molar-refractivity contribution in [3.05, 3.63) is 0 Å². The monoisotopic (exact) mass is 192 g/mol. The quantitative estimate of drug-likeness (QED) is 0.489. The van der Waals surface area contributed by atoms with Crippen LogP contribution < -0.4 is 0 Å². The Morgan fingerprint density at radius 1 is 1.50 bits per heavy atom.